The minimum Gasteiger partial charge on any atom is -0.333 e. The quantitative estimate of drug-likeness (QED) is 0.790. The number of hydrogen-bond donors (Lipinski definition) is 1. The van der Waals surface area contributed by atoms with Crippen LogP contribution in [0.4, 0.5) is 5.13 Å². The van der Waals surface area contributed by atoms with Gasteiger partial charge in [-0.2, -0.15) is 4.98 Å². The second-order valence-electron chi connectivity index (χ2n) is 5.24. The molecule has 0 aliphatic rings. The van der Waals surface area contributed by atoms with E-state index in [2.05, 4.69) is 25.4 Å². The average molecular weight is 329 g/mol. The summed E-state index contributed by atoms with van der Waals surface area (Å²) in [5.41, 5.74) is 1.51. The molecule has 3 heterocycles. The molecule has 0 atom stereocenters. The van der Waals surface area contributed by atoms with E-state index in [-0.39, 0.29) is 11.8 Å². The Bertz CT molecular complexity index is 826. The summed E-state index contributed by atoms with van der Waals surface area (Å²) in [6.45, 7) is 5.49. The van der Waals surface area contributed by atoms with Gasteiger partial charge in [-0.1, -0.05) is 30.3 Å². The van der Waals surface area contributed by atoms with Gasteiger partial charge in [0.1, 0.15) is 4.88 Å². The highest BCUT2D eigenvalue weighted by Crippen LogP contribution is 2.32. The molecular formula is C15H15N5O2S. The molecule has 0 aliphatic carbocycles. The van der Waals surface area contributed by atoms with E-state index in [0.29, 0.717) is 16.8 Å². The highest BCUT2D eigenvalue weighted by Gasteiger charge is 2.18. The predicted octanol–water partition coefficient (Wildman–Crippen LogP) is 3.16. The number of carbonyl (C=O) groups is 1. The second kappa shape index (κ2) is 6.25. The summed E-state index contributed by atoms with van der Waals surface area (Å²) in [6, 6.07) is 3.66. The van der Waals surface area contributed by atoms with E-state index in [0.717, 1.165) is 16.1 Å². The SMILES string of the molecule is Cc1nc(NC(=O)C(C)C)sc1-c1nc(-c2cccnc2)no1. The third kappa shape index (κ3) is 3.26. The minimum atomic E-state index is -0.108. The molecule has 8 heteroatoms. The van der Waals surface area contributed by atoms with Gasteiger partial charge < -0.3 is 9.84 Å². The van der Waals surface area contributed by atoms with E-state index in [1.165, 1.54) is 11.3 Å². The fourth-order valence-electron chi connectivity index (χ4n) is 1.83. The van der Waals surface area contributed by atoms with E-state index < -0.39 is 0 Å². The maximum absolute atomic E-state index is 11.8. The first kappa shape index (κ1) is 15.3. The van der Waals surface area contributed by atoms with Crippen LogP contribution in [-0.4, -0.2) is 26.0 Å². The molecule has 0 aromatic carbocycles. The van der Waals surface area contributed by atoms with E-state index in [1.807, 2.05) is 32.9 Å². The van der Waals surface area contributed by atoms with Crippen molar-refractivity contribution >= 4 is 22.4 Å². The molecule has 118 valence electrons. The molecule has 0 bridgehead atoms. The zero-order chi connectivity index (χ0) is 16.4. The van der Waals surface area contributed by atoms with Crippen LogP contribution in [0.3, 0.4) is 0 Å². The predicted molar refractivity (Wildman–Crippen MR) is 86.8 cm³/mol. The maximum Gasteiger partial charge on any atom is 0.270 e. The Kier molecular flexibility index (Phi) is 4.16. The normalized spacial score (nSPS) is 11.0. The van der Waals surface area contributed by atoms with Crippen LogP contribution < -0.4 is 5.32 Å². The Labute approximate surface area is 136 Å². The van der Waals surface area contributed by atoms with Crippen LogP contribution in [0.15, 0.2) is 29.0 Å². The smallest absolute Gasteiger partial charge is 0.270 e. The molecule has 0 aliphatic heterocycles. The molecule has 3 aromatic heterocycles. The third-order valence-corrected chi connectivity index (χ3v) is 4.15. The van der Waals surface area contributed by atoms with E-state index >= 15 is 0 Å². The van der Waals surface area contributed by atoms with Crippen molar-refractivity contribution in [2.24, 2.45) is 5.92 Å². The molecule has 3 rings (SSSR count). The van der Waals surface area contributed by atoms with Crippen LogP contribution in [-0.2, 0) is 4.79 Å². The van der Waals surface area contributed by atoms with Crippen molar-refractivity contribution in [3.63, 3.8) is 0 Å². The van der Waals surface area contributed by atoms with Gasteiger partial charge in [0.25, 0.3) is 5.89 Å². The van der Waals surface area contributed by atoms with Crippen molar-refractivity contribution in [3.05, 3.63) is 30.2 Å². The Morgan fingerprint density at radius 2 is 2.17 bits per heavy atom. The maximum atomic E-state index is 11.8. The fourth-order valence-corrected chi connectivity index (χ4v) is 2.72. The number of rotatable bonds is 4. The molecule has 0 saturated carbocycles. The van der Waals surface area contributed by atoms with Crippen LogP contribution in [0.5, 0.6) is 0 Å². The molecule has 0 fully saturated rings. The number of nitrogens with one attached hydrogen (secondary N) is 1. The number of carbonyl (C=O) groups excluding carboxylic acids is 1. The molecule has 3 aromatic rings. The number of thiazole rings is 1. The van der Waals surface area contributed by atoms with Crippen molar-refractivity contribution in [1.29, 1.82) is 0 Å². The van der Waals surface area contributed by atoms with Gasteiger partial charge in [0.2, 0.25) is 11.7 Å². The first-order valence-electron chi connectivity index (χ1n) is 7.07. The Morgan fingerprint density at radius 1 is 1.35 bits per heavy atom. The van der Waals surface area contributed by atoms with E-state index in [1.54, 1.807) is 12.4 Å². The van der Waals surface area contributed by atoms with Crippen molar-refractivity contribution in [1.82, 2.24) is 20.1 Å². The monoisotopic (exact) mass is 329 g/mol. The molecule has 0 unspecified atom stereocenters. The van der Waals surface area contributed by atoms with Crippen molar-refractivity contribution in [3.8, 4) is 22.2 Å². The average Bonchev–Trinajstić information content (AvgIpc) is 3.14. The standard InChI is InChI=1S/C15H15N5O2S/c1-8(2)13(21)19-15-17-9(3)11(23-15)14-18-12(20-22-14)10-5-4-6-16-7-10/h4-8H,1-3H3,(H,17,19,21). The summed E-state index contributed by atoms with van der Waals surface area (Å²) >= 11 is 1.31. The summed E-state index contributed by atoms with van der Waals surface area (Å²) in [4.78, 5) is 25.2. The summed E-state index contributed by atoms with van der Waals surface area (Å²) < 4.78 is 5.32. The third-order valence-electron chi connectivity index (χ3n) is 3.09. The molecule has 0 saturated heterocycles. The summed E-state index contributed by atoms with van der Waals surface area (Å²) in [7, 11) is 0. The number of anilines is 1. The van der Waals surface area contributed by atoms with Gasteiger partial charge in [0.05, 0.1) is 5.69 Å². The summed E-state index contributed by atoms with van der Waals surface area (Å²) in [5, 5.41) is 7.27. The number of pyridine rings is 1. The highest BCUT2D eigenvalue weighted by atomic mass is 32.1. The second-order valence-corrected chi connectivity index (χ2v) is 6.24. The number of aromatic nitrogens is 4. The van der Waals surface area contributed by atoms with Crippen LogP contribution in [0, 0.1) is 12.8 Å². The minimum absolute atomic E-state index is 0.0770. The topological polar surface area (TPSA) is 93.8 Å². The van der Waals surface area contributed by atoms with Gasteiger partial charge in [-0.25, -0.2) is 4.98 Å². The lowest BCUT2D eigenvalue weighted by Gasteiger charge is -2.02. The lowest BCUT2D eigenvalue weighted by atomic mass is 10.2. The molecule has 0 spiro atoms. The Morgan fingerprint density at radius 3 is 2.87 bits per heavy atom. The van der Waals surface area contributed by atoms with Gasteiger partial charge in [0, 0.05) is 23.9 Å². The Hall–Kier alpha value is -2.61. The van der Waals surface area contributed by atoms with Crippen molar-refractivity contribution in [2.75, 3.05) is 5.32 Å². The highest BCUT2D eigenvalue weighted by molar-refractivity contribution is 7.19. The molecule has 7 nitrogen and oxygen atoms in total. The van der Waals surface area contributed by atoms with Gasteiger partial charge in [-0.3, -0.25) is 9.78 Å². The first-order chi connectivity index (χ1) is 11.0. The van der Waals surface area contributed by atoms with Crippen LogP contribution >= 0.6 is 11.3 Å². The van der Waals surface area contributed by atoms with E-state index in [9.17, 15) is 4.79 Å². The number of aryl methyl sites for hydroxylation is 1. The zero-order valence-electron chi connectivity index (χ0n) is 12.9. The van der Waals surface area contributed by atoms with Crippen molar-refractivity contribution in [2.45, 2.75) is 20.8 Å². The first-order valence-corrected chi connectivity index (χ1v) is 7.89. The molecule has 1 amide bonds. The number of nitrogens with zero attached hydrogens (tertiary/aromatic N) is 4. The molecular weight excluding hydrogens is 314 g/mol. The van der Waals surface area contributed by atoms with Crippen LogP contribution in [0.2, 0.25) is 0 Å². The number of amides is 1. The van der Waals surface area contributed by atoms with Crippen LogP contribution in [0.25, 0.3) is 22.2 Å². The van der Waals surface area contributed by atoms with Gasteiger partial charge in [0.15, 0.2) is 5.13 Å². The summed E-state index contributed by atoms with van der Waals surface area (Å²) in [5.74, 6) is 0.660. The van der Waals surface area contributed by atoms with Gasteiger partial charge >= 0.3 is 0 Å². The number of hydrogen-bond acceptors (Lipinski definition) is 7. The lowest BCUT2D eigenvalue weighted by Crippen LogP contribution is -2.17. The molecule has 23 heavy (non-hydrogen) atoms. The summed E-state index contributed by atoms with van der Waals surface area (Å²) in [6.07, 6.45) is 3.35. The zero-order valence-corrected chi connectivity index (χ0v) is 13.7. The van der Waals surface area contributed by atoms with Crippen molar-refractivity contribution < 1.29 is 9.32 Å². The Balaban J connectivity index is 1.87. The lowest BCUT2D eigenvalue weighted by molar-refractivity contribution is -0.118. The molecule has 1 N–H and O–H groups in total. The van der Waals surface area contributed by atoms with E-state index in [4.69, 9.17) is 4.52 Å². The van der Waals surface area contributed by atoms with Gasteiger partial charge in [-0.05, 0) is 19.1 Å². The molecule has 0 radical (unpaired) electrons. The fraction of sp³-hybridized carbons (Fsp3) is 0.267. The van der Waals surface area contributed by atoms with Gasteiger partial charge in [-0.15, -0.1) is 0 Å². The largest absolute Gasteiger partial charge is 0.333 e. The van der Waals surface area contributed by atoms with Crippen LogP contribution in [0.1, 0.15) is 19.5 Å².